The summed E-state index contributed by atoms with van der Waals surface area (Å²) in [5.74, 6) is -1.85. The zero-order valence-corrected chi connectivity index (χ0v) is 10.4. The van der Waals surface area contributed by atoms with Crippen LogP contribution in [-0.4, -0.2) is 16.2 Å². The fourth-order valence-corrected chi connectivity index (χ4v) is 1.98. The lowest BCUT2D eigenvalue weighted by Crippen LogP contribution is -2.12. The molecule has 0 aliphatic carbocycles. The second kappa shape index (κ2) is 4.54. The minimum Gasteiger partial charge on any atom is -0.479 e. The van der Waals surface area contributed by atoms with Crippen LogP contribution in [-0.2, 0) is 4.79 Å². The maximum Gasteiger partial charge on any atom is 0.337 e. The summed E-state index contributed by atoms with van der Waals surface area (Å²) in [7, 11) is 0. The van der Waals surface area contributed by atoms with Gasteiger partial charge in [-0.1, -0.05) is 6.07 Å². The number of carbonyl (C=O) groups is 1. The molecule has 1 aromatic carbocycles. The first kappa shape index (κ1) is 11.9. The average Bonchev–Trinajstić information content (AvgIpc) is 2.13. The van der Waals surface area contributed by atoms with Gasteiger partial charge in [-0.25, -0.2) is 9.18 Å². The standard InChI is InChI=1S/C8H5BrFIO3/c9-5-4(10)2-1-3(6(5)11)7(12)8(13)14/h1-2,7,12H,(H,13,14). The van der Waals surface area contributed by atoms with Crippen molar-refractivity contribution in [1.82, 2.24) is 0 Å². The Kier molecular flexibility index (Phi) is 3.85. The van der Waals surface area contributed by atoms with Crippen LogP contribution in [0, 0.1) is 9.39 Å². The molecule has 3 nitrogen and oxygen atoms in total. The number of carboxylic acids is 1. The van der Waals surface area contributed by atoms with Gasteiger partial charge in [0.05, 0.1) is 4.47 Å². The third-order valence-corrected chi connectivity index (χ3v) is 4.27. The van der Waals surface area contributed by atoms with Crippen molar-refractivity contribution in [3.8, 4) is 0 Å². The van der Waals surface area contributed by atoms with E-state index in [0.29, 0.717) is 3.57 Å². The number of hydrogen-bond donors (Lipinski definition) is 2. The van der Waals surface area contributed by atoms with Crippen molar-refractivity contribution < 1.29 is 19.4 Å². The van der Waals surface area contributed by atoms with Crippen LogP contribution in [0.5, 0.6) is 0 Å². The largest absolute Gasteiger partial charge is 0.479 e. The van der Waals surface area contributed by atoms with Crippen molar-refractivity contribution in [3.05, 3.63) is 31.6 Å². The van der Waals surface area contributed by atoms with Crippen molar-refractivity contribution in [2.75, 3.05) is 0 Å². The molecule has 0 heterocycles. The molecule has 1 atom stereocenters. The Balaban J connectivity index is 3.24. The van der Waals surface area contributed by atoms with Crippen LogP contribution in [0.3, 0.4) is 0 Å². The molecule has 1 aromatic rings. The summed E-state index contributed by atoms with van der Waals surface area (Å²) in [4.78, 5) is 10.5. The Morgan fingerprint density at radius 2 is 2.14 bits per heavy atom. The van der Waals surface area contributed by atoms with Gasteiger partial charge in [0.2, 0.25) is 0 Å². The molecular weight excluding hydrogens is 370 g/mol. The summed E-state index contributed by atoms with van der Waals surface area (Å²) in [6.45, 7) is 0. The van der Waals surface area contributed by atoms with Crippen LogP contribution in [0.2, 0.25) is 0 Å². The third kappa shape index (κ3) is 2.23. The van der Waals surface area contributed by atoms with Gasteiger partial charge in [0, 0.05) is 9.13 Å². The molecule has 0 aliphatic heterocycles. The zero-order valence-electron chi connectivity index (χ0n) is 6.67. The van der Waals surface area contributed by atoms with Gasteiger partial charge in [-0.05, 0) is 44.6 Å². The average molecular weight is 375 g/mol. The number of aliphatic carboxylic acids is 1. The predicted molar refractivity (Wildman–Crippen MR) is 59.4 cm³/mol. The first-order valence-corrected chi connectivity index (χ1v) is 5.36. The summed E-state index contributed by atoms with van der Waals surface area (Å²) >= 11 is 4.73. The van der Waals surface area contributed by atoms with E-state index in [-0.39, 0.29) is 10.0 Å². The molecule has 0 fully saturated rings. The number of halogens is 3. The molecule has 6 heteroatoms. The fourth-order valence-electron chi connectivity index (χ4n) is 0.885. The highest BCUT2D eigenvalue weighted by Crippen LogP contribution is 2.29. The van der Waals surface area contributed by atoms with Crippen molar-refractivity contribution in [2.24, 2.45) is 0 Å². The monoisotopic (exact) mass is 374 g/mol. The molecule has 0 saturated heterocycles. The Morgan fingerprint density at radius 1 is 1.57 bits per heavy atom. The first-order valence-electron chi connectivity index (χ1n) is 3.49. The van der Waals surface area contributed by atoms with Crippen molar-refractivity contribution in [3.63, 3.8) is 0 Å². The molecule has 0 spiro atoms. The van der Waals surface area contributed by atoms with Crippen LogP contribution < -0.4 is 0 Å². The van der Waals surface area contributed by atoms with Gasteiger partial charge in [0.1, 0.15) is 5.82 Å². The lowest BCUT2D eigenvalue weighted by atomic mass is 10.1. The maximum absolute atomic E-state index is 12.9. The van der Waals surface area contributed by atoms with Crippen molar-refractivity contribution in [2.45, 2.75) is 6.10 Å². The van der Waals surface area contributed by atoms with Crippen molar-refractivity contribution in [1.29, 1.82) is 0 Å². The van der Waals surface area contributed by atoms with Gasteiger partial charge in [-0.15, -0.1) is 0 Å². The number of hydrogen-bond acceptors (Lipinski definition) is 2. The molecule has 14 heavy (non-hydrogen) atoms. The van der Waals surface area contributed by atoms with E-state index in [0.717, 1.165) is 6.07 Å². The molecule has 0 radical (unpaired) electrons. The van der Waals surface area contributed by atoms with E-state index in [1.807, 2.05) is 0 Å². The smallest absolute Gasteiger partial charge is 0.337 e. The molecule has 0 bridgehead atoms. The van der Waals surface area contributed by atoms with Gasteiger partial charge in [-0.2, -0.15) is 0 Å². The van der Waals surface area contributed by atoms with Crippen LogP contribution in [0.25, 0.3) is 0 Å². The minimum atomic E-state index is -1.63. The third-order valence-electron chi connectivity index (χ3n) is 1.59. The Morgan fingerprint density at radius 3 is 2.64 bits per heavy atom. The topological polar surface area (TPSA) is 57.5 Å². The van der Waals surface area contributed by atoms with E-state index in [2.05, 4.69) is 15.9 Å². The van der Waals surface area contributed by atoms with Gasteiger partial charge in [0.15, 0.2) is 6.10 Å². The Hall–Kier alpha value is -0.210. The van der Waals surface area contributed by atoms with E-state index in [9.17, 15) is 14.3 Å². The Bertz CT molecular complexity index is 383. The summed E-state index contributed by atoms with van der Waals surface area (Å²) in [6.07, 6.45) is -1.63. The highest BCUT2D eigenvalue weighted by atomic mass is 127. The zero-order chi connectivity index (χ0) is 10.9. The number of aliphatic hydroxyl groups is 1. The summed E-state index contributed by atoms with van der Waals surface area (Å²) in [5.41, 5.74) is 0.173. The van der Waals surface area contributed by atoms with Gasteiger partial charge < -0.3 is 10.2 Å². The molecule has 1 unspecified atom stereocenters. The van der Waals surface area contributed by atoms with Gasteiger partial charge in [-0.3, -0.25) is 0 Å². The van der Waals surface area contributed by atoms with Crippen LogP contribution >= 0.6 is 38.5 Å². The quantitative estimate of drug-likeness (QED) is 0.617. The van der Waals surface area contributed by atoms with Gasteiger partial charge >= 0.3 is 5.97 Å². The normalized spacial score (nSPS) is 12.6. The summed E-state index contributed by atoms with van der Waals surface area (Å²) in [5, 5.41) is 17.8. The molecule has 0 aliphatic rings. The lowest BCUT2D eigenvalue weighted by Gasteiger charge is -2.09. The van der Waals surface area contributed by atoms with E-state index >= 15 is 0 Å². The molecular formula is C8H5BrFIO3. The van der Waals surface area contributed by atoms with E-state index < -0.39 is 17.9 Å². The molecule has 0 saturated carbocycles. The summed E-state index contributed by atoms with van der Waals surface area (Å²) in [6, 6.07) is 2.36. The minimum absolute atomic E-state index is 0.163. The SMILES string of the molecule is O=C(O)C(O)c1ccc(F)c(Br)c1I. The highest BCUT2D eigenvalue weighted by Gasteiger charge is 2.21. The molecule has 0 amide bonds. The number of benzene rings is 1. The maximum atomic E-state index is 12.9. The van der Waals surface area contributed by atoms with Crippen molar-refractivity contribution >= 4 is 44.5 Å². The first-order chi connectivity index (χ1) is 6.45. The number of carboxylic acid groups (broad SMARTS) is 1. The van der Waals surface area contributed by atoms with E-state index in [1.165, 1.54) is 6.07 Å². The van der Waals surface area contributed by atoms with E-state index in [1.54, 1.807) is 22.6 Å². The second-order valence-corrected chi connectivity index (χ2v) is 4.38. The van der Waals surface area contributed by atoms with Crippen LogP contribution in [0.4, 0.5) is 4.39 Å². The molecule has 76 valence electrons. The lowest BCUT2D eigenvalue weighted by molar-refractivity contribution is -0.147. The number of rotatable bonds is 2. The Labute approximate surface area is 101 Å². The molecule has 0 aromatic heterocycles. The highest BCUT2D eigenvalue weighted by molar-refractivity contribution is 14.1. The van der Waals surface area contributed by atoms with Crippen LogP contribution in [0.1, 0.15) is 11.7 Å². The van der Waals surface area contributed by atoms with Crippen LogP contribution in [0.15, 0.2) is 16.6 Å². The summed E-state index contributed by atoms with van der Waals surface area (Å²) < 4.78 is 13.5. The van der Waals surface area contributed by atoms with Gasteiger partial charge in [0.25, 0.3) is 0 Å². The van der Waals surface area contributed by atoms with E-state index in [4.69, 9.17) is 5.11 Å². The fraction of sp³-hybridized carbons (Fsp3) is 0.125. The molecule has 2 N–H and O–H groups in total. The second-order valence-electron chi connectivity index (χ2n) is 2.51. The number of aliphatic hydroxyl groups excluding tert-OH is 1. The molecule has 1 rings (SSSR count). The predicted octanol–water partition coefficient (Wildman–Crippen LogP) is 2.31.